The monoisotopic (exact) mass is 309 g/mol. The summed E-state index contributed by atoms with van der Waals surface area (Å²) in [4.78, 5) is 0. The smallest absolute Gasteiger partial charge is 0.271 e. The van der Waals surface area contributed by atoms with E-state index in [1.807, 2.05) is 0 Å². The van der Waals surface area contributed by atoms with Crippen LogP contribution < -0.4 is 15.6 Å². The number of rotatable bonds is 0. The molecule has 5 N–H and O–H groups in total. The molecule has 0 atom stereocenters. The van der Waals surface area contributed by atoms with Gasteiger partial charge >= 0.3 is 0 Å². The average molecular weight is 310 g/mol. The summed E-state index contributed by atoms with van der Waals surface area (Å²) >= 11 is 0. The summed E-state index contributed by atoms with van der Waals surface area (Å²) in [5.41, 5.74) is 2.98. The van der Waals surface area contributed by atoms with Crippen molar-refractivity contribution in [2.45, 2.75) is 13.0 Å². The van der Waals surface area contributed by atoms with Gasteiger partial charge < -0.3 is 5.32 Å². The second-order valence-corrected chi connectivity index (χ2v) is 4.46. The summed E-state index contributed by atoms with van der Waals surface area (Å²) in [6, 6.07) is 8.63. The van der Waals surface area contributed by atoms with Crippen molar-refractivity contribution in [3.63, 3.8) is 0 Å². The average Bonchev–Trinajstić information content (AvgIpc) is 2.16. The molecule has 2 rings (SSSR count). The van der Waals surface area contributed by atoms with Crippen LogP contribution in [0.5, 0.6) is 0 Å². The van der Waals surface area contributed by atoms with Crippen molar-refractivity contribution in [3.05, 3.63) is 35.4 Å². The highest BCUT2D eigenvalue weighted by atomic mass is 79.9. The predicted molar refractivity (Wildman–Crippen MR) is 69.5 cm³/mol. The third-order valence-electron chi connectivity index (χ3n) is 2.00. The number of nitrogens with two attached hydrogens (primary N) is 2. The minimum absolute atomic E-state index is 0. The second-order valence-electron chi connectivity index (χ2n) is 3.28. The predicted octanol–water partition coefficient (Wildman–Crippen LogP) is 0.0588. The largest absolute Gasteiger partial charge is 0.312 e. The maximum absolute atomic E-state index is 9.19. The van der Waals surface area contributed by atoms with Crippen molar-refractivity contribution >= 4 is 27.2 Å². The lowest BCUT2D eigenvalue weighted by Crippen LogP contribution is -2.23. The van der Waals surface area contributed by atoms with Crippen molar-refractivity contribution in [1.82, 2.24) is 5.32 Å². The fraction of sp³-hybridized carbons (Fsp3) is 0.333. The van der Waals surface area contributed by atoms with Crippen LogP contribution in [0, 0.1) is 0 Å². The molecule has 92 valence electrons. The summed E-state index contributed by atoms with van der Waals surface area (Å²) in [6.07, 6.45) is 1.19. The van der Waals surface area contributed by atoms with Crippen LogP contribution in [0.15, 0.2) is 24.3 Å². The van der Waals surface area contributed by atoms with Gasteiger partial charge in [0.25, 0.3) is 10.2 Å². The minimum atomic E-state index is -3.67. The van der Waals surface area contributed by atoms with Crippen molar-refractivity contribution < 1.29 is 8.42 Å². The van der Waals surface area contributed by atoms with Gasteiger partial charge in [0, 0.05) is 6.54 Å². The molecule has 1 aromatic rings. The normalized spacial score (nSPS) is 13.9. The molecule has 0 fully saturated rings. The molecule has 0 radical (unpaired) electrons. The maximum Gasteiger partial charge on any atom is 0.271 e. The standard InChI is InChI=1S/C9H11N.BrH.H4N2O2S/c1-2-4-9-7-10-6-5-8(9)3-1;;1-5(2,3)4/h1-4,10H,5-7H2;1H;(H4,1,2,3,4). The molecular formula is C9H16BrN3O2S. The van der Waals surface area contributed by atoms with E-state index in [0.29, 0.717) is 0 Å². The highest BCUT2D eigenvalue weighted by molar-refractivity contribution is 8.93. The molecule has 0 saturated carbocycles. The van der Waals surface area contributed by atoms with Crippen LogP contribution in [0.25, 0.3) is 0 Å². The molecule has 0 saturated heterocycles. The van der Waals surface area contributed by atoms with Gasteiger partial charge in [-0.1, -0.05) is 24.3 Å². The zero-order chi connectivity index (χ0) is 11.3. The Kier molecular flexibility index (Phi) is 6.77. The number of nitrogens with one attached hydrogen (secondary N) is 1. The van der Waals surface area contributed by atoms with E-state index in [9.17, 15) is 8.42 Å². The highest BCUT2D eigenvalue weighted by Crippen LogP contribution is 2.11. The molecule has 1 aromatic carbocycles. The highest BCUT2D eigenvalue weighted by Gasteiger charge is 2.05. The van der Waals surface area contributed by atoms with Crippen LogP contribution in [0.4, 0.5) is 0 Å². The lowest BCUT2D eigenvalue weighted by molar-refractivity contribution is 0.599. The van der Waals surface area contributed by atoms with Crippen LogP contribution >= 0.6 is 17.0 Å². The molecular weight excluding hydrogens is 294 g/mol. The first-order valence-corrected chi connectivity index (χ1v) is 6.16. The molecule has 5 nitrogen and oxygen atoms in total. The van der Waals surface area contributed by atoms with Crippen LogP contribution in [0.1, 0.15) is 11.1 Å². The van der Waals surface area contributed by atoms with Crippen molar-refractivity contribution in [2.24, 2.45) is 10.3 Å². The number of hydrogen-bond donors (Lipinski definition) is 3. The summed E-state index contributed by atoms with van der Waals surface area (Å²) in [5, 5.41) is 11.5. The molecule has 0 aliphatic carbocycles. The van der Waals surface area contributed by atoms with Gasteiger partial charge in [0.1, 0.15) is 0 Å². The third-order valence-corrected chi connectivity index (χ3v) is 2.00. The van der Waals surface area contributed by atoms with Crippen molar-refractivity contribution in [3.8, 4) is 0 Å². The lowest BCUT2D eigenvalue weighted by atomic mass is 10.0. The van der Waals surface area contributed by atoms with E-state index in [2.05, 4.69) is 39.9 Å². The molecule has 1 aliphatic heterocycles. The Morgan fingerprint density at radius 2 is 1.62 bits per heavy atom. The van der Waals surface area contributed by atoms with Crippen molar-refractivity contribution in [2.75, 3.05) is 6.54 Å². The first-order chi connectivity index (χ1) is 6.97. The Bertz CT molecular complexity index is 390. The number of hydrogen-bond acceptors (Lipinski definition) is 3. The zero-order valence-corrected chi connectivity index (χ0v) is 11.2. The van der Waals surface area contributed by atoms with Gasteiger partial charge in [-0.25, -0.2) is 10.3 Å². The van der Waals surface area contributed by atoms with Crippen molar-refractivity contribution in [1.29, 1.82) is 0 Å². The minimum Gasteiger partial charge on any atom is -0.312 e. The van der Waals surface area contributed by atoms with E-state index in [0.717, 1.165) is 13.1 Å². The van der Waals surface area contributed by atoms with Gasteiger partial charge in [-0.05, 0) is 24.1 Å². The van der Waals surface area contributed by atoms with Gasteiger partial charge in [-0.15, -0.1) is 17.0 Å². The van der Waals surface area contributed by atoms with E-state index in [1.165, 1.54) is 17.5 Å². The Hall–Kier alpha value is -0.470. The van der Waals surface area contributed by atoms with E-state index in [4.69, 9.17) is 0 Å². The van der Waals surface area contributed by atoms with Crippen LogP contribution in [0.2, 0.25) is 0 Å². The Balaban J connectivity index is 0.000000330. The fourth-order valence-corrected chi connectivity index (χ4v) is 1.42. The molecule has 0 spiro atoms. The maximum atomic E-state index is 9.19. The summed E-state index contributed by atoms with van der Waals surface area (Å²) < 4.78 is 18.4. The molecule has 1 aliphatic rings. The van der Waals surface area contributed by atoms with Gasteiger partial charge in [0.2, 0.25) is 0 Å². The molecule has 1 heterocycles. The van der Waals surface area contributed by atoms with Crippen LogP contribution in [-0.2, 0) is 23.2 Å². The molecule has 0 aromatic heterocycles. The quantitative estimate of drug-likeness (QED) is 0.632. The number of halogens is 1. The molecule has 0 bridgehead atoms. The fourth-order valence-electron chi connectivity index (χ4n) is 1.42. The van der Waals surface area contributed by atoms with E-state index in [1.54, 1.807) is 0 Å². The van der Waals surface area contributed by atoms with E-state index in [-0.39, 0.29) is 17.0 Å². The molecule has 0 amide bonds. The Morgan fingerprint density at radius 3 is 2.12 bits per heavy atom. The van der Waals surface area contributed by atoms with Gasteiger partial charge in [0.05, 0.1) is 0 Å². The topological polar surface area (TPSA) is 98.2 Å². The van der Waals surface area contributed by atoms with Gasteiger partial charge in [-0.2, -0.15) is 8.42 Å². The zero-order valence-electron chi connectivity index (χ0n) is 8.72. The third kappa shape index (κ3) is 6.91. The van der Waals surface area contributed by atoms with Gasteiger partial charge in [0.15, 0.2) is 0 Å². The van der Waals surface area contributed by atoms with Gasteiger partial charge in [-0.3, -0.25) is 0 Å². The summed E-state index contributed by atoms with van der Waals surface area (Å²) in [5.74, 6) is 0. The van der Waals surface area contributed by atoms with Crippen LogP contribution in [0.3, 0.4) is 0 Å². The molecule has 16 heavy (non-hydrogen) atoms. The van der Waals surface area contributed by atoms with E-state index < -0.39 is 10.2 Å². The number of benzene rings is 1. The first-order valence-electron chi connectivity index (χ1n) is 4.55. The summed E-state index contributed by atoms with van der Waals surface area (Å²) in [7, 11) is -3.67. The lowest BCUT2D eigenvalue weighted by Gasteiger charge is -2.15. The molecule has 7 heteroatoms. The Labute approximate surface area is 106 Å². The Morgan fingerprint density at radius 1 is 1.12 bits per heavy atom. The SMILES string of the molecule is Br.NS(N)(=O)=O.c1ccc2c(c1)CCNC2. The van der Waals surface area contributed by atoms with E-state index >= 15 is 0 Å². The number of fused-ring (bicyclic) bond motifs is 1. The summed E-state index contributed by atoms with van der Waals surface area (Å²) in [6.45, 7) is 2.19. The van der Waals surface area contributed by atoms with Crippen LogP contribution in [-0.4, -0.2) is 15.0 Å². The second kappa shape index (κ2) is 6.97. The molecule has 0 unspecified atom stereocenters. The first kappa shape index (κ1) is 15.5.